The van der Waals surface area contributed by atoms with Gasteiger partial charge in [0.25, 0.3) is 0 Å². The quantitative estimate of drug-likeness (QED) is 0.605. The number of thiocarbonyl (C=S) groups is 1. The fourth-order valence-electron chi connectivity index (χ4n) is 3.93. The van der Waals surface area contributed by atoms with Crippen molar-refractivity contribution < 1.29 is 5.11 Å². The first kappa shape index (κ1) is 19.0. The van der Waals surface area contributed by atoms with Crippen LogP contribution in [0.3, 0.4) is 0 Å². The van der Waals surface area contributed by atoms with Crippen molar-refractivity contribution in [2.45, 2.75) is 32.4 Å². The van der Waals surface area contributed by atoms with Gasteiger partial charge < -0.3 is 15.3 Å². The predicted octanol–water partition coefficient (Wildman–Crippen LogP) is 3.30. The Labute approximate surface area is 173 Å². The van der Waals surface area contributed by atoms with Crippen LogP contribution in [0.4, 0.5) is 0 Å². The lowest BCUT2D eigenvalue weighted by Gasteiger charge is -2.28. The number of nitrogens with zero attached hydrogens (tertiary/aromatic N) is 4. The van der Waals surface area contributed by atoms with E-state index in [1.54, 1.807) is 11.3 Å². The Morgan fingerprint density at radius 1 is 1.25 bits per heavy atom. The van der Waals surface area contributed by atoms with Gasteiger partial charge in [-0.15, -0.1) is 11.3 Å². The van der Waals surface area contributed by atoms with Crippen molar-refractivity contribution in [3.63, 3.8) is 0 Å². The van der Waals surface area contributed by atoms with Gasteiger partial charge in [0.15, 0.2) is 10.2 Å². The summed E-state index contributed by atoms with van der Waals surface area (Å²) in [6.07, 6.45) is 4.31. The van der Waals surface area contributed by atoms with Crippen LogP contribution in [-0.4, -0.2) is 42.8 Å². The molecule has 146 valence electrons. The first-order valence-corrected chi connectivity index (χ1v) is 10.6. The molecule has 4 rings (SSSR count). The molecule has 2 atom stereocenters. The molecule has 1 fully saturated rings. The summed E-state index contributed by atoms with van der Waals surface area (Å²) in [5.74, 6) is 0. The van der Waals surface area contributed by atoms with E-state index in [0.29, 0.717) is 18.1 Å². The van der Waals surface area contributed by atoms with Crippen molar-refractivity contribution in [2.75, 3.05) is 13.2 Å². The maximum Gasteiger partial charge on any atom is 0.193 e. The number of hydrogen-bond donors (Lipinski definition) is 2. The summed E-state index contributed by atoms with van der Waals surface area (Å²) >= 11 is 7.28. The second-order valence-electron chi connectivity index (χ2n) is 6.87. The molecule has 0 bridgehead atoms. The van der Waals surface area contributed by atoms with E-state index in [1.807, 2.05) is 36.0 Å². The third-order valence-electron chi connectivity index (χ3n) is 5.15. The van der Waals surface area contributed by atoms with Crippen molar-refractivity contribution in [3.05, 3.63) is 64.7 Å². The van der Waals surface area contributed by atoms with Gasteiger partial charge in [-0.3, -0.25) is 9.55 Å². The van der Waals surface area contributed by atoms with Gasteiger partial charge in [-0.1, -0.05) is 6.07 Å². The molecular formula is C20H23N5OS2. The van der Waals surface area contributed by atoms with Crippen LogP contribution in [0.15, 0.2) is 42.0 Å². The summed E-state index contributed by atoms with van der Waals surface area (Å²) in [5.41, 5.74) is 4.45. The number of aliphatic hydroxyl groups excluding tert-OH is 1. The molecule has 4 heterocycles. The number of nitrogens with one attached hydrogen (secondary N) is 1. The molecule has 1 saturated heterocycles. The van der Waals surface area contributed by atoms with E-state index in [4.69, 9.17) is 12.2 Å². The van der Waals surface area contributed by atoms with Crippen molar-refractivity contribution in [1.29, 1.82) is 0 Å². The van der Waals surface area contributed by atoms with Crippen LogP contribution in [-0.2, 0) is 0 Å². The summed E-state index contributed by atoms with van der Waals surface area (Å²) in [7, 11) is 0. The normalized spacial score (nSPS) is 19.2. The van der Waals surface area contributed by atoms with E-state index in [2.05, 4.69) is 44.7 Å². The van der Waals surface area contributed by atoms with Crippen LogP contribution in [0.1, 0.15) is 41.1 Å². The number of thiazole rings is 1. The molecule has 8 heteroatoms. The average Bonchev–Trinajstić information content (AvgIpc) is 3.39. The van der Waals surface area contributed by atoms with E-state index < -0.39 is 0 Å². The molecule has 0 aromatic carbocycles. The van der Waals surface area contributed by atoms with E-state index in [0.717, 1.165) is 22.2 Å². The number of aliphatic hydroxyl groups is 1. The maximum absolute atomic E-state index is 9.37. The van der Waals surface area contributed by atoms with Crippen molar-refractivity contribution in [1.82, 2.24) is 24.8 Å². The summed E-state index contributed by atoms with van der Waals surface area (Å²) in [6, 6.07) is 8.14. The second-order valence-corrected chi connectivity index (χ2v) is 8.13. The Kier molecular flexibility index (Phi) is 5.43. The van der Waals surface area contributed by atoms with Crippen LogP contribution in [0, 0.1) is 13.8 Å². The fraction of sp³-hybridized carbons (Fsp3) is 0.350. The van der Waals surface area contributed by atoms with E-state index >= 15 is 0 Å². The fourth-order valence-corrected chi connectivity index (χ4v) is 5.02. The third-order valence-corrected chi connectivity index (χ3v) is 6.26. The number of aromatic nitrogens is 3. The molecule has 1 aliphatic heterocycles. The lowest BCUT2D eigenvalue weighted by atomic mass is 9.96. The zero-order valence-corrected chi connectivity index (χ0v) is 17.5. The number of aryl methyl sites for hydroxylation is 1. The maximum atomic E-state index is 9.37. The van der Waals surface area contributed by atoms with E-state index in [1.165, 1.54) is 5.56 Å². The SMILES string of the molecule is Cc1cc(C2C(c3ccccn3)NC(=S)N2CCCO)c(C)n1-c1nccs1. The Morgan fingerprint density at radius 2 is 2.11 bits per heavy atom. The van der Waals surface area contributed by atoms with Gasteiger partial charge in [0.2, 0.25) is 0 Å². The Morgan fingerprint density at radius 3 is 2.79 bits per heavy atom. The van der Waals surface area contributed by atoms with E-state index in [9.17, 15) is 5.11 Å². The number of pyridine rings is 1. The van der Waals surface area contributed by atoms with Crippen molar-refractivity contribution >= 4 is 28.7 Å². The zero-order valence-electron chi connectivity index (χ0n) is 15.9. The van der Waals surface area contributed by atoms with Gasteiger partial charge in [0, 0.05) is 42.3 Å². The highest BCUT2D eigenvalue weighted by Crippen LogP contribution is 2.41. The first-order chi connectivity index (χ1) is 13.6. The van der Waals surface area contributed by atoms with Crippen LogP contribution in [0.2, 0.25) is 0 Å². The molecule has 6 nitrogen and oxygen atoms in total. The number of rotatable bonds is 6. The largest absolute Gasteiger partial charge is 0.396 e. The average molecular weight is 414 g/mol. The Balaban J connectivity index is 1.81. The highest BCUT2D eigenvalue weighted by Gasteiger charge is 2.41. The monoisotopic (exact) mass is 413 g/mol. The van der Waals surface area contributed by atoms with Crippen molar-refractivity contribution in [2.24, 2.45) is 0 Å². The highest BCUT2D eigenvalue weighted by atomic mass is 32.1. The molecular weight excluding hydrogens is 390 g/mol. The van der Waals surface area contributed by atoms with Crippen LogP contribution >= 0.6 is 23.6 Å². The minimum Gasteiger partial charge on any atom is -0.396 e. The standard InChI is InChI=1S/C20H23N5OS2/c1-13-12-15(14(2)25(13)20-22-8-11-28-20)18-17(16-6-3-4-7-21-16)23-19(27)24(18)9-5-10-26/h3-4,6-8,11-12,17-18,26H,5,9-10H2,1-2H3,(H,23,27). The minimum atomic E-state index is -0.0439. The summed E-state index contributed by atoms with van der Waals surface area (Å²) in [4.78, 5) is 11.2. The Hall–Kier alpha value is -2.29. The summed E-state index contributed by atoms with van der Waals surface area (Å²) in [5, 5.41) is 16.5. The molecule has 2 N–H and O–H groups in total. The Bertz CT molecular complexity index is 955. The minimum absolute atomic E-state index is 0.00821. The van der Waals surface area contributed by atoms with Gasteiger partial charge in [-0.25, -0.2) is 4.98 Å². The van der Waals surface area contributed by atoms with Crippen LogP contribution < -0.4 is 5.32 Å². The highest BCUT2D eigenvalue weighted by molar-refractivity contribution is 7.80. The molecule has 28 heavy (non-hydrogen) atoms. The molecule has 0 radical (unpaired) electrons. The smallest absolute Gasteiger partial charge is 0.193 e. The van der Waals surface area contributed by atoms with Gasteiger partial charge >= 0.3 is 0 Å². The molecule has 1 aliphatic rings. The third kappa shape index (κ3) is 3.32. The summed E-state index contributed by atoms with van der Waals surface area (Å²) < 4.78 is 2.20. The molecule has 3 aromatic rings. The summed E-state index contributed by atoms with van der Waals surface area (Å²) in [6.45, 7) is 5.06. The molecule has 0 amide bonds. The lowest BCUT2D eigenvalue weighted by molar-refractivity contribution is 0.247. The van der Waals surface area contributed by atoms with Gasteiger partial charge in [0.1, 0.15) is 0 Å². The van der Waals surface area contributed by atoms with Crippen LogP contribution in [0.25, 0.3) is 5.13 Å². The van der Waals surface area contributed by atoms with Gasteiger partial charge in [-0.2, -0.15) is 0 Å². The number of hydrogen-bond acceptors (Lipinski definition) is 5. The van der Waals surface area contributed by atoms with E-state index in [-0.39, 0.29) is 18.7 Å². The second kappa shape index (κ2) is 7.98. The van der Waals surface area contributed by atoms with Gasteiger partial charge in [0.05, 0.1) is 17.8 Å². The van der Waals surface area contributed by atoms with Crippen LogP contribution in [0.5, 0.6) is 0 Å². The molecule has 3 aromatic heterocycles. The topological polar surface area (TPSA) is 66.2 Å². The zero-order chi connectivity index (χ0) is 19.7. The molecule has 0 saturated carbocycles. The predicted molar refractivity (Wildman–Crippen MR) is 115 cm³/mol. The molecule has 0 aliphatic carbocycles. The lowest BCUT2D eigenvalue weighted by Crippen LogP contribution is -2.31. The van der Waals surface area contributed by atoms with Crippen molar-refractivity contribution in [3.8, 4) is 5.13 Å². The molecule has 0 spiro atoms. The van der Waals surface area contributed by atoms with Gasteiger partial charge in [-0.05, 0) is 56.2 Å². The first-order valence-electron chi connectivity index (χ1n) is 9.29. The molecule has 2 unspecified atom stereocenters.